The van der Waals surface area contributed by atoms with Gasteiger partial charge in [0, 0.05) is 6.08 Å². The van der Waals surface area contributed by atoms with Gasteiger partial charge in [0.05, 0.1) is 32.0 Å². The van der Waals surface area contributed by atoms with E-state index < -0.39 is 0 Å². The Hall–Kier alpha value is -3.72. The minimum Gasteiger partial charge on any atom is -0.493 e. The van der Waals surface area contributed by atoms with Crippen LogP contribution < -0.4 is 20.1 Å². The van der Waals surface area contributed by atoms with Crippen molar-refractivity contribution in [3.8, 4) is 23.8 Å². The van der Waals surface area contributed by atoms with Crippen molar-refractivity contribution in [1.82, 2.24) is 5.32 Å². The summed E-state index contributed by atoms with van der Waals surface area (Å²) in [7, 11) is 3.10. The van der Waals surface area contributed by atoms with Crippen molar-refractivity contribution in [1.29, 1.82) is 0 Å². The molecule has 0 bridgehead atoms. The Balaban J connectivity index is 2.11. The van der Waals surface area contributed by atoms with Gasteiger partial charge in [0.15, 0.2) is 11.5 Å². The van der Waals surface area contributed by atoms with Gasteiger partial charge >= 0.3 is 0 Å². The lowest BCUT2D eigenvalue weighted by Gasteiger charge is -2.09. The van der Waals surface area contributed by atoms with Crippen LogP contribution in [0.15, 0.2) is 48.5 Å². The summed E-state index contributed by atoms with van der Waals surface area (Å²) in [5.74, 6) is 2.78. The third-order valence-electron chi connectivity index (χ3n) is 3.62. The molecule has 0 aromatic heterocycles. The van der Waals surface area contributed by atoms with E-state index >= 15 is 0 Å². The standard InChI is InChI=1S/C21H20N2O4/c1-4-13-22-21(25)16-7-5-6-8-17(16)23-20(24)12-10-15-9-11-18(26-2)19(14-15)27-3/h1,5-12,14H,13H2,2-3H3,(H,22,25)(H,23,24). The molecule has 2 aromatic rings. The normalized spacial score (nSPS) is 10.1. The van der Waals surface area contributed by atoms with Gasteiger partial charge in [-0.1, -0.05) is 24.1 Å². The summed E-state index contributed by atoms with van der Waals surface area (Å²) in [5.41, 5.74) is 1.50. The molecule has 0 unspecified atom stereocenters. The fourth-order valence-corrected chi connectivity index (χ4v) is 2.32. The van der Waals surface area contributed by atoms with E-state index in [1.165, 1.54) is 6.08 Å². The molecule has 0 aliphatic rings. The molecular weight excluding hydrogens is 344 g/mol. The predicted molar refractivity (Wildman–Crippen MR) is 105 cm³/mol. The van der Waals surface area contributed by atoms with Gasteiger partial charge in [0.2, 0.25) is 5.91 Å². The first-order valence-corrected chi connectivity index (χ1v) is 8.10. The minimum absolute atomic E-state index is 0.111. The lowest BCUT2D eigenvalue weighted by molar-refractivity contribution is -0.111. The van der Waals surface area contributed by atoms with Crippen molar-refractivity contribution in [3.63, 3.8) is 0 Å². The smallest absolute Gasteiger partial charge is 0.254 e. The zero-order valence-electron chi connectivity index (χ0n) is 15.1. The highest BCUT2D eigenvalue weighted by atomic mass is 16.5. The van der Waals surface area contributed by atoms with Crippen LogP contribution >= 0.6 is 0 Å². The second kappa shape index (κ2) is 9.68. The molecule has 2 aromatic carbocycles. The molecule has 2 rings (SSSR count). The van der Waals surface area contributed by atoms with Crippen LogP contribution in [0.3, 0.4) is 0 Å². The van der Waals surface area contributed by atoms with Crippen molar-refractivity contribution in [2.45, 2.75) is 0 Å². The maximum Gasteiger partial charge on any atom is 0.254 e. The highest BCUT2D eigenvalue weighted by molar-refractivity contribution is 6.07. The monoisotopic (exact) mass is 364 g/mol. The summed E-state index contributed by atoms with van der Waals surface area (Å²) in [6.07, 6.45) is 8.16. The van der Waals surface area contributed by atoms with E-state index in [4.69, 9.17) is 15.9 Å². The van der Waals surface area contributed by atoms with Crippen LogP contribution in [-0.4, -0.2) is 32.6 Å². The summed E-state index contributed by atoms with van der Waals surface area (Å²) < 4.78 is 10.4. The van der Waals surface area contributed by atoms with E-state index in [-0.39, 0.29) is 18.4 Å². The molecule has 0 fully saturated rings. The van der Waals surface area contributed by atoms with Crippen LogP contribution in [0.1, 0.15) is 15.9 Å². The van der Waals surface area contributed by atoms with Crippen molar-refractivity contribution in [2.75, 3.05) is 26.1 Å². The van der Waals surface area contributed by atoms with Gasteiger partial charge in [-0.05, 0) is 35.9 Å². The molecule has 0 spiro atoms. The molecule has 0 saturated carbocycles. The Kier molecular flexibility index (Phi) is 7.03. The Labute approximate surface area is 158 Å². The number of amides is 2. The molecule has 2 amide bonds. The van der Waals surface area contributed by atoms with Crippen LogP contribution in [0.5, 0.6) is 11.5 Å². The maximum absolute atomic E-state index is 12.2. The fourth-order valence-electron chi connectivity index (χ4n) is 2.32. The molecule has 0 heterocycles. The second-order valence-corrected chi connectivity index (χ2v) is 5.37. The number of anilines is 1. The second-order valence-electron chi connectivity index (χ2n) is 5.37. The average Bonchev–Trinajstić information content (AvgIpc) is 2.70. The number of rotatable bonds is 7. The molecule has 6 heteroatoms. The Morgan fingerprint density at radius 1 is 1.11 bits per heavy atom. The van der Waals surface area contributed by atoms with Crippen LogP contribution in [0.4, 0.5) is 5.69 Å². The van der Waals surface area contributed by atoms with Gasteiger partial charge in [0.25, 0.3) is 5.91 Å². The van der Waals surface area contributed by atoms with Gasteiger partial charge in [0.1, 0.15) is 0 Å². The van der Waals surface area contributed by atoms with Crippen LogP contribution in [0.2, 0.25) is 0 Å². The van der Waals surface area contributed by atoms with Crippen LogP contribution in [0.25, 0.3) is 6.08 Å². The lowest BCUT2D eigenvalue weighted by Crippen LogP contribution is -2.25. The van der Waals surface area contributed by atoms with Crippen molar-refractivity contribution >= 4 is 23.6 Å². The van der Waals surface area contributed by atoms with E-state index in [0.29, 0.717) is 22.7 Å². The number of para-hydroxylation sites is 1. The number of methoxy groups -OCH3 is 2. The van der Waals surface area contributed by atoms with Gasteiger partial charge in [-0.3, -0.25) is 9.59 Å². The molecule has 6 nitrogen and oxygen atoms in total. The molecule has 138 valence electrons. The maximum atomic E-state index is 12.2. The lowest BCUT2D eigenvalue weighted by atomic mass is 10.1. The third kappa shape index (κ3) is 5.38. The first kappa shape index (κ1) is 19.6. The van der Waals surface area contributed by atoms with Gasteiger partial charge in [-0.2, -0.15) is 0 Å². The first-order valence-electron chi connectivity index (χ1n) is 8.10. The van der Waals surface area contributed by atoms with Gasteiger partial charge in [-0.25, -0.2) is 0 Å². The van der Waals surface area contributed by atoms with Crippen molar-refractivity contribution in [3.05, 3.63) is 59.7 Å². The average molecular weight is 364 g/mol. The van der Waals surface area contributed by atoms with E-state index in [9.17, 15) is 9.59 Å². The summed E-state index contributed by atoms with van der Waals surface area (Å²) in [5, 5.41) is 5.27. The van der Waals surface area contributed by atoms with Crippen molar-refractivity contribution < 1.29 is 19.1 Å². The number of ether oxygens (including phenoxy) is 2. The number of hydrogen-bond donors (Lipinski definition) is 2. The zero-order valence-corrected chi connectivity index (χ0v) is 15.1. The largest absolute Gasteiger partial charge is 0.493 e. The number of carbonyl (C=O) groups is 2. The number of carbonyl (C=O) groups excluding carboxylic acids is 2. The van der Waals surface area contributed by atoms with Crippen LogP contribution in [-0.2, 0) is 4.79 Å². The summed E-state index contributed by atoms with van der Waals surface area (Å²) in [4.78, 5) is 24.3. The summed E-state index contributed by atoms with van der Waals surface area (Å²) in [6, 6.07) is 12.0. The first-order chi connectivity index (χ1) is 13.1. The van der Waals surface area contributed by atoms with E-state index in [1.54, 1.807) is 62.8 Å². The Bertz CT molecular complexity index is 897. The van der Waals surface area contributed by atoms with Crippen molar-refractivity contribution in [2.24, 2.45) is 0 Å². The topological polar surface area (TPSA) is 76.7 Å². The Morgan fingerprint density at radius 2 is 1.85 bits per heavy atom. The summed E-state index contributed by atoms with van der Waals surface area (Å²) in [6.45, 7) is 0.111. The highest BCUT2D eigenvalue weighted by Crippen LogP contribution is 2.28. The number of terminal acetylenes is 1. The molecule has 0 radical (unpaired) electrons. The Morgan fingerprint density at radius 3 is 2.56 bits per heavy atom. The summed E-state index contributed by atoms with van der Waals surface area (Å²) >= 11 is 0. The fraction of sp³-hybridized carbons (Fsp3) is 0.143. The third-order valence-corrected chi connectivity index (χ3v) is 3.62. The minimum atomic E-state index is -0.373. The molecule has 0 atom stereocenters. The molecule has 0 saturated heterocycles. The number of nitrogens with one attached hydrogen (secondary N) is 2. The van der Waals surface area contributed by atoms with E-state index in [1.807, 2.05) is 0 Å². The SMILES string of the molecule is C#CCNC(=O)c1ccccc1NC(=O)C=Cc1ccc(OC)c(OC)c1. The van der Waals surface area contributed by atoms with Gasteiger partial charge < -0.3 is 20.1 Å². The van der Waals surface area contributed by atoms with E-state index in [2.05, 4.69) is 16.6 Å². The number of benzene rings is 2. The molecular formula is C21H20N2O4. The zero-order chi connectivity index (χ0) is 19.6. The molecule has 0 aliphatic heterocycles. The molecule has 27 heavy (non-hydrogen) atoms. The molecule has 2 N–H and O–H groups in total. The number of hydrogen-bond acceptors (Lipinski definition) is 4. The van der Waals surface area contributed by atoms with E-state index in [0.717, 1.165) is 5.56 Å². The van der Waals surface area contributed by atoms with Gasteiger partial charge in [-0.15, -0.1) is 6.42 Å². The van der Waals surface area contributed by atoms with Crippen LogP contribution in [0, 0.1) is 12.3 Å². The predicted octanol–water partition coefficient (Wildman–Crippen LogP) is 2.72. The quantitative estimate of drug-likeness (QED) is 0.585. The highest BCUT2D eigenvalue weighted by Gasteiger charge is 2.11. The molecule has 0 aliphatic carbocycles.